The summed E-state index contributed by atoms with van der Waals surface area (Å²) in [6, 6.07) is 8.13. The molecular formula is C17H24Cl2N4O2. The Morgan fingerprint density at radius 2 is 2.12 bits per heavy atom. The van der Waals surface area contributed by atoms with E-state index in [1.54, 1.807) is 12.5 Å². The van der Waals surface area contributed by atoms with Crippen molar-refractivity contribution in [2.75, 3.05) is 19.7 Å². The zero-order valence-electron chi connectivity index (χ0n) is 13.9. The Labute approximate surface area is 160 Å². The number of carbonyl (C=O) groups excluding carboxylic acids is 1. The van der Waals surface area contributed by atoms with Gasteiger partial charge in [0, 0.05) is 38.6 Å². The summed E-state index contributed by atoms with van der Waals surface area (Å²) in [7, 11) is 0. The number of nitrogens with one attached hydrogen (secondary N) is 2. The van der Waals surface area contributed by atoms with Gasteiger partial charge in [0.05, 0.1) is 25.5 Å². The molecule has 1 aromatic heterocycles. The SMILES string of the molecule is Cl.Cl.O=C(CC1CNCCO1)NCc1ccccc1Cn1ccnc1. The standard InChI is InChI=1S/C17H22N4O2.2ClH/c22-17(9-16-11-18-6-8-23-16)20-10-14-3-1-2-4-15(14)12-21-7-5-19-13-21;;/h1-5,7,13,16,18H,6,8-12H2,(H,20,22);2*1H. The van der Waals surface area contributed by atoms with Gasteiger partial charge in [-0.05, 0) is 11.1 Å². The zero-order valence-corrected chi connectivity index (χ0v) is 15.5. The second-order valence-electron chi connectivity index (χ2n) is 5.68. The molecule has 25 heavy (non-hydrogen) atoms. The molecule has 0 bridgehead atoms. The summed E-state index contributed by atoms with van der Waals surface area (Å²) in [4.78, 5) is 16.1. The Kier molecular flexibility index (Phi) is 9.52. The van der Waals surface area contributed by atoms with Crippen LogP contribution in [-0.2, 0) is 22.6 Å². The maximum absolute atomic E-state index is 12.1. The minimum Gasteiger partial charge on any atom is -0.375 e. The molecule has 138 valence electrons. The molecule has 2 N–H and O–H groups in total. The number of halogens is 2. The lowest BCUT2D eigenvalue weighted by Gasteiger charge is -2.23. The first-order valence-corrected chi connectivity index (χ1v) is 7.93. The highest BCUT2D eigenvalue weighted by molar-refractivity contribution is 5.85. The molecule has 1 aromatic carbocycles. The third-order valence-corrected chi connectivity index (χ3v) is 3.92. The summed E-state index contributed by atoms with van der Waals surface area (Å²) in [5.41, 5.74) is 2.30. The van der Waals surface area contributed by atoms with Crippen molar-refractivity contribution in [2.45, 2.75) is 25.6 Å². The van der Waals surface area contributed by atoms with Gasteiger partial charge in [-0.2, -0.15) is 0 Å². The number of morpholine rings is 1. The van der Waals surface area contributed by atoms with Gasteiger partial charge in [-0.25, -0.2) is 4.98 Å². The molecule has 2 heterocycles. The van der Waals surface area contributed by atoms with E-state index in [4.69, 9.17) is 4.74 Å². The molecule has 1 saturated heterocycles. The molecule has 1 amide bonds. The van der Waals surface area contributed by atoms with Crippen LogP contribution < -0.4 is 10.6 Å². The molecular weight excluding hydrogens is 363 g/mol. The summed E-state index contributed by atoms with van der Waals surface area (Å²) in [6.07, 6.45) is 5.87. The van der Waals surface area contributed by atoms with Gasteiger partial charge >= 0.3 is 0 Å². The van der Waals surface area contributed by atoms with Crippen molar-refractivity contribution in [1.29, 1.82) is 0 Å². The molecule has 1 atom stereocenters. The van der Waals surface area contributed by atoms with Crippen LogP contribution in [0.15, 0.2) is 43.0 Å². The summed E-state index contributed by atoms with van der Waals surface area (Å²) < 4.78 is 7.58. The van der Waals surface area contributed by atoms with E-state index in [1.165, 1.54) is 5.56 Å². The molecule has 6 nitrogen and oxygen atoms in total. The molecule has 1 aliphatic rings. The number of amides is 1. The highest BCUT2D eigenvalue weighted by atomic mass is 35.5. The Morgan fingerprint density at radius 3 is 2.80 bits per heavy atom. The molecule has 0 aliphatic carbocycles. The highest BCUT2D eigenvalue weighted by Gasteiger charge is 2.17. The number of nitrogens with zero attached hydrogens (tertiary/aromatic N) is 2. The summed E-state index contributed by atoms with van der Waals surface area (Å²) in [5.74, 6) is 0.0242. The quantitative estimate of drug-likeness (QED) is 0.793. The van der Waals surface area contributed by atoms with Crippen molar-refractivity contribution < 1.29 is 9.53 Å². The lowest BCUT2D eigenvalue weighted by molar-refractivity contribution is -0.124. The fourth-order valence-corrected chi connectivity index (χ4v) is 2.68. The van der Waals surface area contributed by atoms with E-state index in [0.29, 0.717) is 19.6 Å². The van der Waals surface area contributed by atoms with E-state index in [1.807, 2.05) is 29.0 Å². The Hall–Kier alpha value is -1.60. The number of aromatic nitrogens is 2. The lowest BCUT2D eigenvalue weighted by atomic mass is 10.1. The molecule has 3 rings (SSSR count). The highest BCUT2D eigenvalue weighted by Crippen LogP contribution is 2.11. The minimum atomic E-state index is -0.0232. The van der Waals surface area contributed by atoms with Crippen molar-refractivity contribution >= 4 is 30.7 Å². The van der Waals surface area contributed by atoms with Crippen molar-refractivity contribution in [3.63, 3.8) is 0 Å². The van der Waals surface area contributed by atoms with Gasteiger partial charge in [0.25, 0.3) is 0 Å². The molecule has 0 radical (unpaired) electrons. The topological polar surface area (TPSA) is 68.2 Å². The van der Waals surface area contributed by atoms with Gasteiger partial charge in [-0.15, -0.1) is 24.8 Å². The first-order chi connectivity index (χ1) is 11.3. The Bertz CT molecular complexity index is 631. The van der Waals surface area contributed by atoms with Crippen LogP contribution in [0.4, 0.5) is 0 Å². The zero-order chi connectivity index (χ0) is 15.9. The lowest BCUT2D eigenvalue weighted by Crippen LogP contribution is -2.41. The number of benzene rings is 1. The number of carbonyl (C=O) groups is 1. The first-order valence-electron chi connectivity index (χ1n) is 7.93. The van der Waals surface area contributed by atoms with Crippen molar-refractivity contribution in [2.24, 2.45) is 0 Å². The largest absolute Gasteiger partial charge is 0.375 e. The van der Waals surface area contributed by atoms with E-state index in [2.05, 4.69) is 21.7 Å². The van der Waals surface area contributed by atoms with Crippen LogP contribution in [0.1, 0.15) is 17.5 Å². The van der Waals surface area contributed by atoms with Crippen LogP contribution in [0, 0.1) is 0 Å². The number of hydrogen-bond donors (Lipinski definition) is 2. The summed E-state index contributed by atoms with van der Waals surface area (Å²) in [6.45, 7) is 3.56. The van der Waals surface area contributed by atoms with Gasteiger partial charge in [0.1, 0.15) is 0 Å². The smallest absolute Gasteiger partial charge is 0.222 e. The van der Waals surface area contributed by atoms with Crippen LogP contribution in [0.5, 0.6) is 0 Å². The van der Waals surface area contributed by atoms with E-state index in [0.717, 1.165) is 25.2 Å². The van der Waals surface area contributed by atoms with Crippen LogP contribution >= 0.6 is 24.8 Å². The van der Waals surface area contributed by atoms with Gasteiger partial charge in [0.2, 0.25) is 5.91 Å². The van der Waals surface area contributed by atoms with Gasteiger partial charge in [-0.3, -0.25) is 4.79 Å². The van der Waals surface area contributed by atoms with Crippen molar-refractivity contribution in [3.8, 4) is 0 Å². The number of ether oxygens (including phenoxy) is 1. The molecule has 1 unspecified atom stereocenters. The van der Waals surface area contributed by atoms with Gasteiger partial charge in [0.15, 0.2) is 0 Å². The molecule has 2 aromatic rings. The fourth-order valence-electron chi connectivity index (χ4n) is 2.68. The average Bonchev–Trinajstić information content (AvgIpc) is 3.08. The normalized spacial score (nSPS) is 16.4. The van der Waals surface area contributed by atoms with Crippen LogP contribution in [0.25, 0.3) is 0 Å². The van der Waals surface area contributed by atoms with Crippen molar-refractivity contribution in [1.82, 2.24) is 20.2 Å². The number of rotatable bonds is 6. The predicted molar refractivity (Wildman–Crippen MR) is 101 cm³/mol. The Morgan fingerprint density at radius 1 is 1.32 bits per heavy atom. The second kappa shape index (κ2) is 11.1. The van der Waals surface area contributed by atoms with E-state index in [9.17, 15) is 4.79 Å². The van der Waals surface area contributed by atoms with Crippen LogP contribution in [0.3, 0.4) is 0 Å². The third kappa shape index (κ3) is 6.66. The van der Waals surface area contributed by atoms with E-state index >= 15 is 0 Å². The minimum absolute atomic E-state index is 0. The molecule has 1 fully saturated rings. The fraction of sp³-hybridized carbons (Fsp3) is 0.412. The van der Waals surface area contributed by atoms with E-state index in [-0.39, 0.29) is 36.8 Å². The second-order valence-corrected chi connectivity index (χ2v) is 5.68. The molecule has 0 saturated carbocycles. The molecule has 8 heteroatoms. The molecule has 0 spiro atoms. The molecule has 1 aliphatic heterocycles. The van der Waals surface area contributed by atoms with Crippen LogP contribution in [0.2, 0.25) is 0 Å². The Balaban J connectivity index is 0.00000156. The number of imidazole rings is 1. The third-order valence-electron chi connectivity index (χ3n) is 3.92. The predicted octanol–water partition coefficient (Wildman–Crippen LogP) is 1.77. The van der Waals surface area contributed by atoms with E-state index < -0.39 is 0 Å². The summed E-state index contributed by atoms with van der Waals surface area (Å²) in [5, 5.41) is 6.23. The summed E-state index contributed by atoms with van der Waals surface area (Å²) >= 11 is 0. The van der Waals surface area contributed by atoms with Crippen molar-refractivity contribution in [3.05, 3.63) is 54.1 Å². The maximum atomic E-state index is 12.1. The van der Waals surface area contributed by atoms with Gasteiger partial charge < -0.3 is 19.9 Å². The monoisotopic (exact) mass is 386 g/mol. The number of hydrogen-bond acceptors (Lipinski definition) is 4. The van der Waals surface area contributed by atoms with Crippen LogP contribution in [-0.4, -0.2) is 41.3 Å². The average molecular weight is 387 g/mol. The maximum Gasteiger partial charge on any atom is 0.222 e. The first kappa shape index (κ1) is 21.4. The van der Waals surface area contributed by atoms with Gasteiger partial charge in [-0.1, -0.05) is 24.3 Å².